The van der Waals surface area contributed by atoms with Crippen molar-refractivity contribution < 1.29 is 4.57 Å². The lowest BCUT2D eigenvalue weighted by atomic mass is 9.68. The lowest BCUT2D eigenvalue weighted by Gasteiger charge is -2.35. The normalized spacial score (nSPS) is 20.9. The van der Waals surface area contributed by atoms with Crippen LogP contribution < -0.4 is 4.57 Å². The van der Waals surface area contributed by atoms with Gasteiger partial charge in [0, 0.05) is 17.5 Å². The molecule has 0 unspecified atom stereocenters. The van der Waals surface area contributed by atoms with Crippen LogP contribution in [0.15, 0.2) is 66.9 Å². The van der Waals surface area contributed by atoms with E-state index < -0.39 is 0 Å². The van der Waals surface area contributed by atoms with Crippen molar-refractivity contribution in [2.75, 3.05) is 0 Å². The number of hydrogen-bond donors (Lipinski definition) is 0. The van der Waals surface area contributed by atoms with Crippen LogP contribution in [0.1, 0.15) is 45.3 Å². The number of aromatic nitrogens is 1. The van der Waals surface area contributed by atoms with E-state index in [1.165, 1.54) is 33.5 Å². The summed E-state index contributed by atoms with van der Waals surface area (Å²) in [4.78, 5) is 0. The molecule has 3 aliphatic carbocycles. The van der Waals surface area contributed by atoms with Gasteiger partial charge in [0.25, 0.3) is 0 Å². The van der Waals surface area contributed by atoms with Crippen molar-refractivity contribution in [1.29, 1.82) is 0 Å². The van der Waals surface area contributed by atoms with Gasteiger partial charge in [0.15, 0.2) is 11.9 Å². The van der Waals surface area contributed by atoms with E-state index >= 15 is 0 Å². The number of nitrogens with zero attached hydrogens (tertiary/aromatic N) is 1. The average Bonchev–Trinajstić information content (AvgIpc) is 2.56. The van der Waals surface area contributed by atoms with E-state index in [1.807, 2.05) is 0 Å². The van der Waals surface area contributed by atoms with Gasteiger partial charge in [-0.05, 0) is 41.2 Å². The summed E-state index contributed by atoms with van der Waals surface area (Å²) >= 11 is 0. The van der Waals surface area contributed by atoms with Gasteiger partial charge in [0.1, 0.15) is 7.05 Å². The van der Waals surface area contributed by atoms with E-state index in [1.54, 1.807) is 0 Å². The Morgan fingerprint density at radius 3 is 2.00 bits per heavy atom. The molecule has 0 spiro atoms. The quantitative estimate of drug-likeness (QED) is 0.554. The molecule has 3 aromatic rings. The van der Waals surface area contributed by atoms with Gasteiger partial charge in [0.05, 0.1) is 5.92 Å². The summed E-state index contributed by atoms with van der Waals surface area (Å²) in [5.74, 6) is 0.941. The van der Waals surface area contributed by atoms with Crippen LogP contribution in [0.3, 0.4) is 0 Å². The van der Waals surface area contributed by atoms with Crippen molar-refractivity contribution in [1.82, 2.24) is 0 Å². The summed E-state index contributed by atoms with van der Waals surface area (Å²) in [6.07, 6.45) is 4.41. The lowest BCUT2D eigenvalue weighted by Crippen LogP contribution is -2.40. The minimum Gasteiger partial charge on any atom is -0.204 e. The Hall–Kier alpha value is -2.41. The topological polar surface area (TPSA) is 3.88 Å². The molecule has 0 saturated carbocycles. The maximum absolute atomic E-state index is 2.34. The molecule has 23 heavy (non-hydrogen) atoms. The van der Waals surface area contributed by atoms with E-state index in [0.717, 1.165) is 12.8 Å². The predicted octanol–water partition coefficient (Wildman–Crippen LogP) is 3.89. The first-order chi connectivity index (χ1) is 11.3. The molecule has 0 N–H and O–H groups in total. The number of benzene rings is 2. The molecular formula is C22H20N+. The average molecular weight is 298 g/mol. The fourth-order valence-electron chi connectivity index (χ4n) is 4.67. The van der Waals surface area contributed by atoms with Crippen LogP contribution in [0.5, 0.6) is 0 Å². The number of rotatable bonds is 0. The fourth-order valence-corrected chi connectivity index (χ4v) is 4.67. The first kappa shape index (κ1) is 13.1. The monoisotopic (exact) mass is 298 g/mol. The molecule has 2 bridgehead atoms. The molecule has 0 amide bonds. The summed E-state index contributed by atoms with van der Waals surface area (Å²) in [7, 11) is 2.20. The summed E-state index contributed by atoms with van der Waals surface area (Å²) in [6, 6.07) is 22.6. The van der Waals surface area contributed by atoms with Gasteiger partial charge < -0.3 is 0 Å². The van der Waals surface area contributed by atoms with Crippen molar-refractivity contribution >= 4 is 0 Å². The third-order valence-electron chi connectivity index (χ3n) is 5.68. The molecule has 1 aromatic heterocycles. The molecule has 2 atom stereocenters. The Labute approximate surface area is 137 Å². The van der Waals surface area contributed by atoms with E-state index in [9.17, 15) is 0 Å². The van der Waals surface area contributed by atoms with Crippen LogP contribution in [0, 0.1) is 0 Å². The molecule has 1 nitrogen and oxygen atoms in total. The lowest BCUT2D eigenvalue weighted by molar-refractivity contribution is -0.680. The van der Waals surface area contributed by atoms with E-state index in [2.05, 4.69) is 78.5 Å². The van der Waals surface area contributed by atoms with Crippen LogP contribution >= 0.6 is 0 Å². The molecule has 0 aliphatic heterocycles. The Balaban J connectivity index is 1.83. The molecule has 1 heterocycles. The predicted molar refractivity (Wildman–Crippen MR) is 91.6 cm³/mol. The van der Waals surface area contributed by atoms with E-state index in [4.69, 9.17) is 0 Å². The van der Waals surface area contributed by atoms with Crippen molar-refractivity contribution in [3.05, 3.63) is 100 Å². The van der Waals surface area contributed by atoms with Crippen LogP contribution in [-0.4, -0.2) is 0 Å². The van der Waals surface area contributed by atoms with Gasteiger partial charge in [-0.15, -0.1) is 0 Å². The number of pyridine rings is 1. The second-order valence-electron chi connectivity index (χ2n) is 6.87. The molecule has 6 rings (SSSR count). The van der Waals surface area contributed by atoms with Gasteiger partial charge in [-0.2, -0.15) is 0 Å². The molecule has 0 fully saturated rings. The number of hydrogen-bond acceptors (Lipinski definition) is 0. The zero-order valence-electron chi connectivity index (χ0n) is 13.4. The third kappa shape index (κ3) is 1.83. The molecule has 112 valence electrons. The highest BCUT2D eigenvalue weighted by Crippen LogP contribution is 2.46. The van der Waals surface area contributed by atoms with Crippen LogP contribution in [0.2, 0.25) is 0 Å². The minimum absolute atomic E-state index is 0.463. The first-order valence-corrected chi connectivity index (χ1v) is 8.47. The largest absolute Gasteiger partial charge is 0.204 e. The van der Waals surface area contributed by atoms with Crippen molar-refractivity contribution in [3.63, 3.8) is 0 Å². The Bertz CT molecular complexity index is 909. The van der Waals surface area contributed by atoms with Gasteiger partial charge >= 0.3 is 0 Å². The van der Waals surface area contributed by atoms with Crippen LogP contribution in [0.4, 0.5) is 0 Å². The second kappa shape index (κ2) is 4.79. The van der Waals surface area contributed by atoms with Crippen LogP contribution in [-0.2, 0) is 19.9 Å². The zero-order chi connectivity index (χ0) is 15.4. The Morgan fingerprint density at radius 1 is 0.696 bits per heavy atom. The maximum atomic E-state index is 2.34. The first-order valence-electron chi connectivity index (χ1n) is 8.47. The standard InChI is InChI=1S/C22H20N/c1-23-12-6-11-19-20-13-15-7-2-3-8-16(15)14-21(22(19)23)18-10-5-4-9-17(18)20/h2-12,20-21H,13-14H2,1H3/q+1/t20-,21+/m0/s1. The zero-order valence-corrected chi connectivity index (χ0v) is 13.4. The molecule has 2 aromatic carbocycles. The van der Waals surface area contributed by atoms with Crippen LogP contribution in [0.25, 0.3) is 0 Å². The number of aryl methyl sites for hydroxylation is 1. The summed E-state index contributed by atoms with van der Waals surface area (Å²) < 4.78 is 2.34. The highest BCUT2D eigenvalue weighted by molar-refractivity contribution is 5.53. The van der Waals surface area contributed by atoms with Gasteiger partial charge in [0.2, 0.25) is 0 Å². The van der Waals surface area contributed by atoms with Crippen molar-refractivity contribution in [2.24, 2.45) is 7.05 Å². The molecule has 1 heteroatoms. The summed E-state index contributed by atoms with van der Waals surface area (Å²) in [5, 5.41) is 0. The highest BCUT2D eigenvalue weighted by Gasteiger charge is 2.39. The SMILES string of the molecule is C[n+]1cccc2c1[C@@H]1Cc3ccccc3C[C@H]2c2ccccc21. The molecule has 0 radical (unpaired) electrons. The van der Waals surface area contributed by atoms with Gasteiger partial charge in [-0.3, -0.25) is 0 Å². The van der Waals surface area contributed by atoms with Gasteiger partial charge in [-0.25, -0.2) is 4.57 Å². The summed E-state index contributed by atoms with van der Waals surface area (Å²) in [6.45, 7) is 0. The second-order valence-corrected chi connectivity index (χ2v) is 6.87. The van der Waals surface area contributed by atoms with E-state index in [-0.39, 0.29) is 0 Å². The Kier molecular flexibility index (Phi) is 2.72. The maximum Gasteiger partial charge on any atom is 0.192 e. The van der Waals surface area contributed by atoms with Crippen molar-refractivity contribution in [2.45, 2.75) is 24.7 Å². The Morgan fingerprint density at radius 2 is 1.26 bits per heavy atom. The highest BCUT2D eigenvalue weighted by atomic mass is 14.9. The summed E-state index contributed by atoms with van der Waals surface area (Å²) in [5.41, 5.74) is 9.13. The van der Waals surface area contributed by atoms with Gasteiger partial charge in [-0.1, -0.05) is 48.5 Å². The molecular weight excluding hydrogens is 278 g/mol. The van der Waals surface area contributed by atoms with Crippen molar-refractivity contribution in [3.8, 4) is 0 Å². The smallest absolute Gasteiger partial charge is 0.192 e. The fraction of sp³-hybridized carbons (Fsp3) is 0.227. The minimum atomic E-state index is 0.463. The third-order valence-corrected chi connectivity index (χ3v) is 5.68. The molecule has 3 aliphatic rings. The van der Waals surface area contributed by atoms with E-state index in [0.29, 0.717) is 11.8 Å². The molecule has 0 saturated heterocycles.